The molecule has 1 N–H and O–H groups in total. The lowest BCUT2D eigenvalue weighted by molar-refractivity contribution is -0.137. The van der Waals surface area contributed by atoms with Crippen LogP contribution in [0.3, 0.4) is 0 Å². The van der Waals surface area contributed by atoms with E-state index in [1.165, 1.54) is 29.2 Å². The Morgan fingerprint density at radius 2 is 1.81 bits per heavy atom. The zero-order chi connectivity index (χ0) is 22.9. The predicted molar refractivity (Wildman–Crippen MR) is 112 cm³/mol. The lowest BCUT2D eigenvalue weighted by Crippen LogP contribution is -2.36. The van der Waals surface area contributed by atoms with Crippen molar-refractivity contribution < 1.29 is 27.2 Å². The van der Waals surface area contributed by atoms with Gasteiger partial charge in [0.1, 0.15) is 5.82 Å². The van der Waals surface area contributed by atoms with E-state index in [2.05, 4.69) is 10.2 Å². The molecule has 0 aliphatic carbocycles. The highest BCUT2D eigenvalue weighted by atomic mass is 19.4. The van der Waals surface area contributed by atoms with Crippen molar-refractivity contribution in [3.63, 3.8) is 0 Å². The van der Waals surface area contributed by atoms with E-state index in [0.29, 0.717) is 6.54 Å². The number of carbonyl (C=O) groups is 2. The van der Waals surface area contributed by atoms with E-state index in [-0.39, 0.29) is 42.2 Å². The number of hydrogen-bond acceptors (Lipinski definition) is 3. The van der Waals surface area contributed by atoms with Gasteiger partial charge in [-0.25, -0.2) is 4.39 Å². The number of carbonyl (C=O) groups excluding carboxylic acids is 2. The number of nitrogens with one attached hydrogen (secondary N) is 1. The first-order chi connectivity index (χ1) is 15.2. The van der Waals surface area contributed by atoms with Gasteiger partial charge in [0, 0.05) is 44.0 Å². The molecule has 2 amide bonds. The quantitative estimate of drug-likeness (QED) is 0.706. The molecule has 0 bridgehead atoms. The minimum absolute atomic E-state index is 0.0333. The van der Waals surface area contributed by atoms with Crippen LogP contribution < -0.4 is 15.1 Å². The largest absolute Gasteiger partial charge is 0.416 e. The van der Waals surface area contributed by atoms with Gasteiger partial charge in [-0.3, -0.25) is 9.59 Å². The molecule has 0 spiro atoms. The molecule has 0 saturated carbocycles. The number of benzene rings is 2. The van der Waals surface area contributed by atoms with Gasteiger partial charge in [0.05, 0.1) is 11.5 Å². The summed E-state index contributed by atoms with van der Waals surface area (Å²) < 4.78 is 52.0. The fraction of sp³-hybridized carbons (Fsp3) is 0.391. The Kier molecular flexibility index (Phi) is 6.08. The van der Waals surface area contributed by atoms with E-state index in [1.807, 2.05) is 0 Å². The summed E-state index contributed by atoms with van der Waals surface area (Å²) in [6, 6.07) is 10.9. The van der Waals surface area contributed by atoms with Crippen LogP contribution in [0, 0.1) is 17.7 Å². The van der Waals surface area contributed by atoms with Gasteiger partial charge in [0.25, 0.3) is 0 Å². The second-order valence-electron chi connectivity index (χ2n) is 8.28. The van der Waals surface area contributed by atoms with Crippen molar-refractivity contribution in [2.24, 2.45) is 11.8 Å². The van der Waals surface area contributed by atoms with Crippen LogP contribution >= 0.6 is 0 Å². The Hall–Kier alpha value is -3.10. The highest BCUT2D eigenvalue weighted by molar-refractivity contribution is 6.00. The maximum Gasteiger partial charge on any atom is 0.416 e. The number of alkyl halides is 3. The third-order valence-electron chi connectivity index (χ3n) is 6.02. The third kappa shape index (κ3) is 4.87. The number of rotatable bonds is 5. The van der Waals surface area contributed by atoms with Crippen LogP contribution in [0.15, 0.2) is 48.5 Å². The molecule has 2 saturated heterocycles. The Balaban J connectivity index is 1.30. The molecule has 32 heavy (non-hydrogen) atoms. The van der Waals surface area contributed by atoms with E-state index in [0.717, 1.165) is 37.3 Å². The Morgan fingerprint density at radius 3 is 2.53 bits per heavy atom. The zero-order valence-electron chi connectivity index (χ0n) is 17.2. The molecule has 4 rings (SSSR count). The number of hydrogen-bond donors (Lipinski definition) is 1. The van der Waals surface area contributed by atoms with E-state index in [9.17, 15) is 27.2 Å². The van der Waals surface area contributed by atoms with Crippen molar-refractivity contribution >= 4 is 23.2 Å². The first-order valence-corrected chi connectivity index (χ1v) is 10.5. The summed E-state index contributed by atoms with van der Waals surface area (Å²) in [5, 5.41) is 2.89. The normalized spacial score (nSPS) is 21.3. The average Bonchev–Trinajstić information content (AvgIpc) is 3.39. The smallest absolute Gasteiger partial charge is 0.371 e. The number of halogens is 4. The van der Waals surface area contributed by atoms with Crippen molar-refractivity contribution in [3.05, 3.63) is 59.9 Å². The summed E-state index contributed by atoms with van der Waals surface area (Å²) >= 11 is 0. The lowest BCUT2D eigenvalue weighted by Gasteiger charge is -2.20. The molecular formula is C23H23F4N3O2. The van der Waals surface area contributed by atoms with Crippen molar-refractivity contribution in [1.82, 2.24) is 5.32 Å². The zero-order valence-corrected chi connectivity index (χ0v) is 17.2. The van der Waals surface area contributed by atoms with Gasteiger partial charge in [0.2, 0.25) is 11.8 Å². The second kappa shape index (κ2) is 8.80. The van der Waals surface area contributed by atoms with Crippen LogP contribution in [-0.2, 0) is 15.8 Å². The Morgan fingerprint density at radius 1 is 1.06 bits per heavy atom. The molecule has 2 aliphatic heterocycles. The van der Waals surface area contributed by atoms with Crippen molar-refractivity contribution in [1.29, 1.82) is 0 Å². The standard InChI is InChI=1S/C23H23F4N3O2/c24-18-4-6-19(7-5-18)29-9-8-15(13-29)12-28-22(32)16-10-21(31)30(14-16)20-3-1-2-17(11-20)23(25,26)27/h1-7,11,15-16H,8-10,12-14H2,(H,28,32). The van der Waals surface area contributed by atoms with Crippen LogP contribution in [0.1, 0.15) is 18.4 Å². The molecule has 0 aromatic heterocycles. The van der Waals surface area contributed by atoms with E-state index >= 15 is 0 Å². The minimum Gasteiger partial charge on any atom is -0.371 e. The first-order valence-electron chi connectivity index (χ1n) is 10.5. The Bertz CT molecular complexity index is 993. The fourth-order valence-electron chi connectivity index (χ4n) is 4.26. The average molecular weight is 449 g/mol. The van der Waals surface area contributed by atoms with Gasteiger partial charge in [0.15, 0.2) is 0 Å². The number of anilines is 2. The first kappa shape index (κ1) is 22.1. The molecule has 2 unspecified atom stereocenters. The number of nitrogens with zero attached hydrogens (tertiary/aromatic N) is 2. The van der Waals surface area contributed by atoms with Crippen LogP contribution in [0.2, 0.25) is 0 Å². The molecule has 170 valence electrons. The minimum atomic E-state index is -4.50. The van der Waals surface area contributed by atoms with E-state index in [4.69, 9.17) is 0 Å². The summed E-state index contributed by atoms with van der Waals surface area (Å²) in [5.41, 5.74) is 0.242. The second-order valence-corrected chi connectivity index (χ2v) is 8.28. The Labute approximate surface area is 183 Å². The molecular weight excluding hydrogens is 426 g/mol. The topological polar surface area (TPSA) is 52.7 Å². The predicted octanol–water partition coefficient (Wildman–Crippen LogP) is 3.84. The molecule has 2 aromatic rings. The third-order valence-corrected chi connectivity index (χ3v) is 6.02. The highest BCUT2D eigenvalue weighted by Gasteiger charge is 2.37. The maximum absolute atomic E-state index is 13.1. The molecule has 2 heterocycles. The van der Waals surface area contributed by atoms with E-state index < -0.39 is 17.7 Å². The summed E-state index contributed by atoms with van der Waals surface area (Å²) in [6.45, 7) is 2.03. The maximum atomic E-state index is 13.1. The van der Waals surface area contributed by atoms with Gasteiger partial charge in [-0.2, -0.15) is 13.2 Å². The van der Waals surface area contributed by atoms with Gasteiger partial charge in [-0.15, -0.1) is 0 Å². The van der Waals surface area contributed by atoms with Gasteiger partial charge in [-0.05, 0) is 54.8 Å². The summed E-state index contributed by atoms with van der Waals surface area (Å²) in [6.07, 6.45) is -3.66. The number of amides is 2. The van der Waals surface area contributed by atoms with Gasteiger partial charge in [-0.1, -0.05) is 6.07 Å². The van der Waals surface area contributed by atoms with Crippen LogP contribution in [0.5, 0.6) is 0 Å². The van der Waals surface area contributed by atoms with Crippen LogP contribution in [-0.4, -0.2) is 38.0 Å². The molecule has 5 nitrogen and oxygen atoms in total. The van der Waals surface area contributed by atoms with Gasteiger partial charge >= 0.3 is 6.18 Å². The van der Waals surface area contributed by atoms with Crippen molar-refractivity contribution in [3.8, 4) is 0 Å². The molecule has 9 heteroatoms. The van der Waals surface area contributed by atoms with Crippen molar-refractivity contribution in [2.75, 3.05) is 36.0 Å². The molecule has 2 aliphatic rings. The van der Waals surface area contributed by atoms with E-state index in [1.54, 1.807) is 12.1 Å². The molecule has 0 radical (unpaired) electrons. The molecule has 2 fully saturated rings. The van der Waals surface area contributed by atoms with Crippen LogP contribution in [0.4, 0.5) is 28.9 Å². The molecule has 2 atom stereocenters. The summed E-state index contributed by atoms with van der Waals surface area (Å²) in [5.74, 6) is -1.31. The van der Waals surface area contributed by atoms with Gasteiger partial charge < -0.3 is 15.1 Å². The monoisotopic (exact) mass is 449 g/mol. The van der Waals surface area contributed by atoms with Crippen molar-refractivity contribution in [2.45, 2.75) is 19.0 Å². The molecule has 2 aromatic carbocycles. The van der Waals surface area contributed by atoms with Crippen LogP contribution in [0.25, 0.3) is 0 Å². The fourth-order valence-corrected chi connectivity index (χ4v) is 4.26. The SMILES string of the molecule is O=C(NCC1CCN(c2ccc(F)cc2)C1)C1CC(=O)N(c2cccc(C(F)(F)F)c2)C1. The summed E-state index contributed by atoms with van der Waals surface area (Å²) in [7, 11) is 0. The summed E-state index contributed by atoms with van der Waals surface area (Å²) in [4.78, 5) is 28.4. The lowest BCUT2D eigenvalue weighted by atomic mass is 10.1. The highest BCUT2D eigenvalue weighted by Crippen LogP contribution is 2.33.